The normalized spacial score (nSPS) is 22.0. The predicted octanol–water partition coefficient (Wildman–Crippen LogP) is 4.15. The first-order valence-corrected chi connectivity index (χ1v) is 11.6. The van der Waals surface area contributed by atoms with Gasteiger partial charge in [0.1, 0.15) is 16.0 Å². The number of aromatic nitrogens is 1. The highest BCUT2D eigenvalue weighted by Crippen LogP contribution is 2.53. The third-order valence-electron chi connectivity index (χ3n) is 6.17. The Hall–Kier alpha value is -1.44. The van der Waals surface area contributed by atoms with E-state index in [0.717, 1.165) is 48.4 Å². The Balaban J connectivity index is 1.59. The van der Waals surface area contributed by atoms with Crippen LogP contribution in [0.2, 0.25) is 0 Å². The zero-order chi connectivity index (χ0) is 19.9. The second kappa shape index (κ2) is 7.43. The number of halogens is 1. The molecule has 1 saturated heterocycles. The molecule has 7 heteroatoms. The first-order chi connectivity index (χ1) is 13.3. The first kappa shape index (κ1) is 19.9. The smallest absolute Gasteiger partial charge is 0.123 e. The summed E-state index contributed by atoms with van der Waals surface area (Å²) in [6, 6.07) is 12.3. The fourth-order valence-corrected chi connectivity index (χ4v) is 5.02. The minimum Gasteiger partial charge on any atom is -0.486 e. The average Bonchev–Trinajstić information content (AvgIpc) is 2.96. The fourth-order valence-electron chi connectivity index (χ4n) is 4.45. The van der Waals surface area contributed by atoms with Gasteiger partial charge in [0.2, 0.25) is 0 Å². The van der Waals surface area contributed by atoms with Crippen molar-refractivity contribution in [3.8, 4) is 5.75 Å². The van der Waals surface area contributed by atoms with Crippen LogP contribution in [0, 0.1) is 0 Å². The summed E-state index contributed by atoms with van der Waals surface area (Å²) >= 11 is 3.40. The maximum absolute atomic E-state index is 12.1. The molecule has 1 unspecified atom stereocenters. The lowest BCUT2D eigenvalue weighted by atomic mass is 9.73. The van der Waals surface area contributed by atoms with Crippen molar-refractivity contribution in [2.45, 2.75) is 49.4 Å². The molecule has 2 N–H and O–H groups in total. The Morgan fingerprint density at radius 3 is 2.64 bits per heavy atom. The quantitative estimate of drug-likeness (QED) is 0.691. The summed E-state index contributed by atoms with van der Waals surface area (Å²) < 4.78 is 19.1. The van der Waals surface area contributed by atoms with Crippen molar-refractivity contribution in [3.63, 3.8) is 0 Å². The summed E-state index contributed by atoms with van der Waals surface area (Å²) in [5.41, 5.74) is 2.09. The van der Waals surface area contributed by atoms with Gasteiger partial charge in [0.05, 0.1) is 27.6 Å². The van der Waals surface area contributed by atoms with Gasteiger partial charge < -0.3 is 9.64 Å². The summed E-state index contributed by atoms with van der Waals surface area (Å²) in [5.74, 6) is 1.15. The van der Waals surface area contributed by atoms with Crippen molar-refractivity contribution in [1.82, 2.24) is 4.98 Å². The van der Waals surface area contributed by atoms with Crippen molar-refractivity contribution in [1.29, 1.82) is 0 Å². The lowest BCUT2D eigenvalue weighted by Gasteiger charge is -2.44. The average molecular weight is 464 g/mol. The number of nitrogens with zero attached hydrogens (tertiary/aromatic N) is 2. The standard InChI is InChI=1S/C21H26BrN3O2S/c1-20(2,28(23)26)13-17-16-5-3-4-6-18(16)27-21(17)9-11-25(12-10-21)15-7-8-19(22)24-14-15/h3-8,14,17H,9-13,23H2,1-2H3/t17-,28?/m1/s1. The summed E-state index contributed by atoms with van der Waals surface area (Å²) in [6.45, 7) is 5.78. The molecule has 0 radical (unpaired) electrons. The number of anilines is 1. The number of para-hydroxylation sites is 1. The lowest BCUT2D eigenvalue weighted by molar-refractivity contribution is 0.0366. The van der Waals surface area contributed by atoms with Crippen LogP contribution in [0.1, 0.15) is 44.6 Å². The van der Waals surface area contributed by atoms with Gasteiger partial charge in [0.15, 0.2) is 0 Å². The van der Waals surface area contributed by atoms with Gasteiger partial charge in [0.25, 0.3) is 0 Å². The van der Waals surface area contributed by atoms with Gasteiger partial charge in [-0.05, 0) is 54.4 Å². The Morgan fingerprint density at radius 2 is 2.00 bits per heavy atom. The molecule has 1 spiro atoms. The highest BCUT2D eigenvalue weighted by molar-refractivity contribution is 9.10. The molecule has 0 bridgehead atoms. The van der Waals surface area contributed by atoms with Gasteiger partial charge >= 0.3 is 0 Å². The Labute approximate surface area is 177 Å². The molecule has 0 amide bonds. The zero-order valence-electron chi connectivity index (χ0n) is 16.2. The molecule has 5 nitrogen and oxygen atoms in total. The molecule has 1 aromatic carbocycles. The number of benzene rings is 1. The number of rotatable bonds is 4. The van der Waals surface area contributed by atoms with Crippen LogP contribution in [0.3, 0.4) is 0 Å². The first-order valence-electron chi connectivity index (χ1n) is 9.61. The summed E-state index contributed by atoms with van der Waals surface area (Å²) in [5, 5.41) is 5.81. The van der Waals surface area contributed by atoms with Crippen molar-refractivity contribution in [3.05, 3.63) is 52.8 Å². The molecule has 1 fully saturated rings. The van der Waals surface area contributed by atoms with Crippen LogP contribution in [0.15, 0.2) is 47.2 Å². The van der Waals surface area contributed by atoms with Crippen LogP contribution in [0.25, 0.3) is 0 Å². The van der Waals surface area contributed by atoms with E-state index in [1.807, 2.05) is 32.2 Å². The summed E-state index contributed by atoms with van der Waals surface area (Å²) in [6.07, 6.45) is 4.48. The molecule has 2 atom stereocenters. The predicted molar refractivity (Wildman–Crippen MR) is 117 cm³/mol. The van der Waals surface area contributed by atoms with Crippen LogP contribution in [0.5, 0.6) is 5.75 Å². The minimum absolute atomic E-state index is 0.191. The van der Waals surface area contributed by atoms with Crippen molar-refractivity contribution >= 4 is 32.6 Å². The number of nitrogens with two attached hydrogens (primary N) is 1. The monoisotopic (exact) mass is 463 g/mol. The molecular weight excluding hydrogens is 438 g/mol. The third kappa shape index (κ3) is 3.60. The van der Waals surface area contributed by atoms with E-state index < -0.39 is 15.7 Å². The number of ether oxygens (including phenoxy) is 1. The largest absolute Gasteiger partial charge is 0.486 e. The molecule has 150 valence electrons. The Kier molecular flexibility index (Phi) is 5.27. The second-order valence-corrected chi connectivity index (χ2v) is 10.9. The number of piperidine rings is 1. The number of hydrogen-bond acceptors (Lipinski definition) is 4. The van der Waals surface area contributed by atoms with E-state index in [4.69, 9.17) is 9.88 Å². The molecule has 2 aliphatic rings. The van der Waals surface area contributed by atoms with Crippen molar-refractivity contribution in [2.75, 3.05) is 18.0 Å². The highest BCUT2D eigenvalue weighted by Gasteiger charge is 2.51. The molecule has 2 aliphatic heterocycles. The van der Waals surface area contributed by atoms with Crippen molar-refractivity contribution in [2.24, 2.45) is 5.14 Å². The number of hydrogen-bond donors (Lipinski definition) is 1. The van der Waals surface area contributed by atoms with Crippen LogP contribution in [0.4, 0.5) is 5.69 Å². The van der Waals surface area contributed by atoms with Crippen molar-refractivity contribution < 1.29 is 8.95 Å². The SMILES string of the molecule is CC(C)(C[C@@H]1c2ccccc2OC12CCN(c1ccc(Br)nc1)CC2)S(N)=O. The van der Waals surface area contributed by atoms with E-state index >= 15 is 0 Å². The van der Waals surface area contributed by atoms with E-state index in [-0.39, 0.29) is 11.5 Å². The van der Waals surface area contributed by atoms with E-state index in [9.17, 15) is 4.21 Å². The summed E-state index contributed by atoms with van der Waals surface area (Å²) in [4.78, 5) is 6.72. The highest BCUT2D eigenvalue weighted by atomic mass is 79.9. The van der Waals surface area contributed by atoms with Crippen LogP contribution >= 0.6 is 15.9 Å². The lowest BCUT2D eigenvalue weighted by Crippen LogP contribution is -2.51. The Morgan fingerprint density at radius 1 is 1.29 bits per heavy atom. The molecule has 0 aliphatic carbocycles. The maximum atomic E-state index is 12.1. The van der Waals surface area contributed by atoms with E-state index in [1.165, 1.54) is 5.56 Å². The molecule has 28 heavy (non-hydrogen) atoms. The molecule has 4 rings (SSSR count). The van der Waals surface area contributed by atoms with Gasteiger partial charge in [-0.25, -0.2) is 9.19 Å². The minimum atomic E-state index is -1.39. The summed E-state index contributed by atoms with van der Waals surface area (Å²) in [7, 11) is -1.39. The topological polar surface area (TPSA) is 68.4 Å². The molecule has 2 aromatic rings. The van der Waals surface area contributed by atoms with Crippen LogP contribution in [-0.2, 0) is 11.0 Å². The maximum Gasteiger partial charge on any atom is 0.123 e. The van der Waals surface area contributed by atoms with Gasteiger partial charge in [-0.2, -0.15) is 0 Å². The molecule has 1 aromatic heterocycles. The van der Waals surface area contributed by atoms with Gasteiger partial charge in [-0.3, -0.25) is 5.14 Å². The fraction of sp³-hybridized carbons (Fsp3) is 0.476. The van der Waals surface area contributed by atoms with Gasteiger partial charge in [-0.15, -0.1) is 0 Å². The zero-order valence-corrected chi connectivity index (χ0v) is 18.6. The molecular formula is C21H26BrN3O2S. The van der Waals surface area contributed by atoms with Crippen LogP contribution < -0.4 is 14.8 Å². The number of fused-ring (bicyclic) bond motifs is 1. The van der Waals surface area contributed by atoms with Crippen LogP contribution in [-0.4, -0.2) is 32.6 Å². The second-order valence-electron chi connectivity index (χ2n) is 8.34. The Bertz CT molecular complexity index is 879. The van der Waals surface area contributed by atoms with E-state index in [2.05, 4.69) is 50.1 Å². The van der Waals surface area contributed by atoms with Gasteiger partial charge in [-0.1, -0.05) is 18.2 Å². The molecule has 3 heterocycles. The number of pyridine rings is 1. The van der Waals surface area contributed by atoms with Gasteiger partial charge in [0, 0.05) is 37.4 Å². The molecule has 0 saturated carbocycles. The third-order valence-corrected chi connectivity index (χ3v) is 7.89. The van der Waals surface area contributed by atoms with E-state index in [0.29, 0.717) is 0 Å². The van der Waals surface area contributed by atoms with E-state index in [1.54, 1.807) is 0 Å².